The fourth-order valence-electron chi connectivity index (χ4n) is 4.03. The Hall–Kier alpha value is -3.24. The molecule has 206 valence electrons. The van der Waals surface area contributed by atoms with Gasteiger partial charge in [0.05, 0.1) is 31.2 Å². The number of nitrogens with one attached hydrogen (secondary N) is 1. The average Bonchev–Trinajstić information content (AvgIpc) is 2.93. The molecule has 1 atom stereocenters. The van der Waals surface area contributed by atoms with Crippen molar-refractivity contribution >= 4 is 34.5 Å². The normalized spacial score (nSPS) is 15.3. The second-order valence-corrected chi connectivity index (χ2v) is 9.76. The largest absolute Gasteiger partial charge is 0.493 e. The number of thioether (sulfide) groups is 1. The second-order valence-electron chi connectivity index (χ2n) is 8.61. The van der Waals surface area contributed by atoms with Gasteiger partial charge in [-0.2, -0.15) is 5.10 Å². The van der Waals surface area contributed by atoms with Crippen molar-refractivity contribution in [3.63, 3.8) is 0 Å². The molecule has 0 aliphatic carbocycles. The molecule has 1 heterocycles. The Morgan fingerprint density at radius 3 is 2.45 bits per heavy atom. The van der Waals surface area contributed by atoms with Crippen molar-refractivity contribution in [2.45, 2.75) is 45.9 Å². The standard InChI is InChI=1S/C28H38N4O5S/c1-6-25-26(21-12-15-23(35-5)24(18-21)36-9-4)30-32(28(34)38-25)19-20-10-13-22(14-11-20)29-27(33)37-17-16-31(7-2)8-3/h10-15,18,25H,6-9,16-17,19H2,1-5H3,(H,29,33). The van der Waals surface area contributed by atoms with Crippen LogP contribution in [0.2, 0.25) is 0 Å². The van der Waals surface area contributed by atoms with Crippen LogP contribution in [0.4, 0.5) is 15.3 Å². The van der Waals surface area contributed by atoms with E-state index in [1.807, 2.05) is 44.2 Å². The second kappa shape index (κ2) is 14.6. The van der Waals surface area contributed by atoms with E-state index in [1.54, 1.807) is 19.2 Å². The van der Waals surface area contributed by atoms with Crippen LogP contribution in [0.3, 0.4) is 0 Å². The summed E-state index contributed by atoms with van der Waals surface area (Å²) in [6.07, 6.45) is 0.281. The molecule has 1 N–H and O–H groups in total. The zero-order valence-electron chi connectivity index (χ0n) is 22.9. The molecular weight excluding hydrogens is 504 g/mol. The van der Waals surface area contributed by atoms with Gasteiger partial charge in [-0.1, -0.05) is 44.7 Å². The van der Waals surface area contributed by atoms with E-state index in [4.69, 9.17) is 19.3 Å². The summed E-state index contributed by atoms with van der Waals surface area (Å²) < 4.78 is 16.4. The molecular formula is C28H38N4O5S. The van der Waals surface area contributed by atoms with E-state index in [0.717, 1.165) is 36.3 Å². The van der Waals surface area contributed by atoms with Crippen LogP contribution in [-0.2, 0) is 11.3 Å². The van der Waals surface area contributed by atoms with Crippen molar-refractivity contribution in [2.24, 2.45) is 5.10 Å². The molecule has 1 unspecified atom stereocenters. The molecule has 9 nitrogen and oxygen atoms in total. The molecule has 0 saturated carbocycles. The van der Waals surface area contributed by atoms with Gasteiger partial charge in [0, 0.05) is 17.8 Å². The van der Waals surface area contributed by atoms with Crippen molar-refractivity contribution < 1.29 is 23.8 Å². The van der Waals surface area contributed by atoms with Gasteiger partial charge < -0.3 is 19.1 Å². The lowest BCUT2D eigenvalue weighted by atomic mass is 10.0. The first-order valence-corrected chi connectivity index (χ1v) is 13.9. The van der Waals surface area contributed by atoms with Crippen molar-refractivity contribution in [1.29, 1.82) is 0 Å². The summed E-state index contributed by atoms with van der Waals surface area (Å²) in [5, 5.41) is 8.84. The summed E-state index contributed by atoms with van der Waals surface area (Å²) >= 11 is 1.28. The van der Waals surface area contributed by atoms with Crippen molar-refractivity contribution in [3.8, 4) is 11.5 Å². The Kier molecular flexibility index (Phi) is 11.3. The number of hydrogen-bond donors (Lipinski definition) is 1. The zero-order valence-corrected chi connectivity index (χ0v) is 23.7. The number of rotatable bonds is 13. The molecule has 0 spiro atoms. The van der Waals surface area contributed by atoms with Gasteiger partial charge in [0.25, 0.3) is 0 Å². The highest BCUT2D eigenvalue weighted by Gasteiger charge is 2.30. The summed E-state index contributed by atoms with van der Waals surface area (Å²) in [4.78, 5) is 27.2. The number of benzene rings is 2. The minimum absolute atomic E-state index is 0.0547. The third-order valence-electron chi connectivity index (χ3n) is 6.19. The number of hydrogen-bond acceptors (Lipinski definition) is 8. The Labute approximate surface area is 229 Å². The Balaban J connectivity index is 1.68. The van der Waals surface area contributed by atoms with Crippen molar-refractivity contribution in [2.75, 3.05) is 45.3 Å². The topological polar surface area (TPSA) is 92.7 Å². The predicted octanol–water partition coefficient (Wildman–Crippen LogP) is 5.84. The minimum atomic E-state index is -0.488. The van der Waals surface area contributed by atoms with E-state index in [9.17, 15) is 9.59 Å². The average molecular weight is 543 g/mol. The maximum absolute atomic E-state index is 12.9. The highest BCUT2D eigenvalue weighted by Crippen LogP contribution is 2.34. The Bertz CT molecular complexity index is 1100. The van der Waals surface area contributed by atoms with Gasteiger partial charge in [0.1, 0.15) is 6.61 Å². The zero-order chi connectivity index (χ0) is 27.5. The molecule has 2 aromatic carbocycles. The Morgan fingerprint density at radius 2 is 1.82 bits per heavy atom. The summed E-state index contributed by atoms with van der Waals surface area (Å²) in [5.74, 6) is 1.30. The molecule has 0 aromatic heterocycles. The molecule has 10 heteroatoms. The van der Waals surface area contributed by atoms with Crippen LogP contribution in [0.1, 0.15) is 45.2 Å². The molecule has 0 fully saturated rings. The third-order valence-corrected chi connectivity index (χ3v) is 7.44. The molecule has 1 aliphatic rings. The van der Waals surface area contributed by atoms with Crippen LogP contribution in [0.15, 0.2) is 47.6 Å². The number of carbonyl (C=O) groups is 2. The van der Waals surface area contributed by atoms with E-state index in [1.165, 1.54) is 16.8 Å². The highest BCUT2D eigenvalue weighted by molar-refractivity contribution is 8.14. The lowest BCUT2D eigenvalue weighted by molar-refractivity contribution is 0.142. The first-order valence-electron chi connectivity index (χ1n) is 13.0. The predicted molar refractivity (Wildman–Crippen MR) is 153 cm³/mol. The lowest BCUT2D eigenvalue weighted by Crippen LogP contribution is -2.34. The number of anilines is 1. The smallest absolute Gasteiger partial charge is 0.411 e. The van der Waals surface area contributed by atoms with Crippen LogP contribution < -0.4 is 14.8 Å². The van der Waals surface area contributed by atoms with E-state index in [-0.39, 0.29) is 10.5 Å². The molecule has 0 radical (unpaired) electrons. The van der Waals surface area contributed by atoms with Gasteiger partial charge in [-0.05, 0) is 62.3 Å². The van der Waals surface area contributed by atoms with E-state index in [0.29, 0.717) is 43.5 Å². The van der Waals surface area contributed by atoms with Crippen molar-refractivity contribution in [3.05, 3.63) is 53.6 Å². The molecule has 38 heavy (non-hydrogen) atoms. The maximum Gasteiger partial charge on any atom is 0.411 e. The highest BCUT2D eigenvalue weighted by atomic mass is 32.2. The summed E-state index contributed by atoms with van der Waals surface area (Å²) in [6.45, 7) is 11.8. The van der Waals surface area contributed by atoms with E-state index >= 15 is 0 Å². The first-order chi connectivity index (χ1) is 18.4. The molecule has 2 aromatic rings. The van der Waals surface area contributed by atoms with Crippen LogP contribution in [0.5, 0.6) is 11.5 Å². The van der Waals surface area contributed by atoms with Gasteiger partial charge in [-0.25, -0.2) is 9.80 Å². The van der Waals surface area contributed by atoms with Crippen molar-refractivity contribution in [1.82, 2.24) is 9.91 Å². The molecule has 3 rings (SSSR count). The number of ether oxygens (including phenoxy) is 3. The van der Waals surface area contributed by atoms with Gasteiger partial charge in [0.2, 0.25) is 0 Å². The Morgan fingerprint density at radius 1 is 1.08 bits per heavy atom. The summed E-state index contributed by atoms with van der Waals surface area (Å²) in [5.41, 5.74) is 3.23. The lowest BCUT2D eigenvalue weighted by Gasteiger charge is -2.28. The van der Waals surface area contributed by atoms with Gasteiger partial charge in [0.15, 0.2) is 11.5 Å². The molecule has 0 saturated heterocycles. The third kappa shape index (κ3) is 7.88. The molecule has 1 aliphatic heterocycles. The fourth-order valence-corrected chi connectivity index (χ4v) is 4.96. The number of methoxy groups -OCH3 is 1. The maximum atomic E-state index is 12.9. The van der Waals surface area contributed by atoms with Crippen LogP contribution >= 0.6 is 11.8 Å². The van der Waals surface area contributed by atoms with Gasteiger partial charge in [-0.3, -0.25) is 10.1 Å². The van der Waals surface area contributed by atoms with Gasteiger partial charge >= 0.3 is 11.3 Å². The first kappa shape index (κ1) is 29.3. The monoisotopic (exact) mass is 542 g/mol. The number of carbonyl (C=O) groups excluding carboxylic acids is 2. The summed E-state index contributed by atoms with van der Waals surface area (Å²) in [7, 11) is 1.61. The number of likely N-dealkylation sites (N-methyl/N-ethyl adjacent to an activating group) is 1. The quantitative estimate of drug-likeness (QED) is 0.340. The van der Waals surface area contributed by atoms with Gasteiger partial charge in [-0.15, -0.1) is 0 Å². The summed E-state index contributed by atoms with van der Waals surface area (Å²) in [6, 6.07) is 13.0. The van der Waals surface area contributed by atoms with Crippen LogP contribution in [0, 0.1) is 0 Å². The van der Waals surface area contributed by atoms with Crippen LogP contribution in [0.25, 0.3) is 0 Å². The minimum Gasteiger partial charge on any atom is -0.493 e. The fraction of sp³-hybridized carbons (Fsp3) is 0.464. The number of amides is 2. The number of hydrazone groups is 1. The molecule has 2 amide bonds. The number of nitrogens with zero attached hydrogens (tertiary/aromatic N) is 3. The van der Waals surface area contributed by atoms with E-state index in [2.05, 4.69) is 24.1 Å². The van der Waals surface area contributed by atoms with E-state index < -0.39 is 6.09 Å². The van der Waals surface area contributed by atoms with Crippen LogP contribution in [-0.4, -0.2) is 72.2 Å². The SMILES string of the molecule is CCOc1cc(C2=NN(Cc3ccc(NC(=O)OCCN(CC)CC)cc3)C(=O)SC2CC)ccc1OC. The molecule has 0 bridgehead atoms.